The average Bonchev–Trinajstić information content (AvgIpc) is 2.89. The Bertz CT molecular complexity index is 1190. The van der Waals surface area contributed by atoms with Gasteiger partial charge in [0.2, 0.25) is 0 Å². The summed E-state index contributed by atoms with van der Waals surface area (Å²) in [6.07, 6.45) is 3.32. The number of hydrogen-bond acceptors (Lipinski definition) is 4. The molecule has 4 nitrogen and oxygen atoms in total. The van der Waals surface area contributed by atoms with Crippen molar-refractivity contribution in [2.75, 3.05) is 19.1 Å². The van der Waals surface area contributed by atoms with Gasteiger partial charge in [0.25, 0.3) is 0 Å². The van der Waals surface area contributed by atoms with E-state index in [0.717, 1.165) is 22.6 Å². The van der Waals surface area contributed by atoms with Gasteiger partial charge in [-0.1, -0.05) is 36.4 Å². The van der Waals surface area contributed by atoms with Crippen LogP contribution in [0, 0.1) is 0 Å². The van der Waals surface area contributed by atoms with E-state index in [0.29, 0.717) is 17.1 Å². The highest BCUT2D eigenvalue weighted by Gasteiger charge is 2.12. The molecular formula is C29H25NO3. The highest BCUT2D eigenvalue weighted by Crippen LogP contribution is 2.34. The van der Waals surface area contributed by atoms with Crippen molar-refractivity contribution >= 4 is 28.9 Å². The van der Waals surface area contributed by atoms with Crippen LogP contribution in [0.25, 0.3) is 6.08 Å². The minimum absolute atomic E-state index is 0.0783. The summed E-state index contributed by atoms with van der Waals surface area (Å²) >= 11 is 0. The zero-order valence-corrected chi connectivity index (χ0v) is 18.6. The van der Waals surface area contributed by atoms with Gasteiger partial charge in [-0.3, -0.25) is 4.79 Å². The Kier molecular flexibility index (Phi) is 6.86. The quantitative estimate of drug-likeness (QED) is 0.219. The fourth-order valence-electron chi connectivity index (χ4n) is 3.59. The van der Waals surface area contributed by atoms with Gasteiger partial charge in [0, 0.05) is 34.3 Å². The molecule has 0 aliphatic rings. The maximum absolute atomic E-state index is 12.8. The first-order valence-corrected chi connectivity index (χ1v) is 10.6. The average molecular weight is 436 g/mol. The molecular weight excluding hydrogens is 410 g/mol. The number of benzene rings is 4. The zero-order valence-electron chi connectivity index (χ0n) is 18.6. The molecule has 0 bridgehead atoms. The number of ether oxygens (including phenoxy) is 2. The van der Waals surface area contributed by atoms with Crippen LogP contribution in [0.5, 0.6) is 11.5 Å². The number of methoxy groups -OCH3 is 2. The number of carbonyl (C=O) groups is 1. The van der Waals surface area contributed by atoms with Crippen LogP contribution in [-0.2, 0) is 0 Å². The molecule has 0 fully saturated rings. The van der Waals surface area contributed by atoms with Crippen LogP contribution in [0.2, 0.25) is 0 Å². The van der Waals surface area contributed by atoms with Gasteiger partial charge in [0.05, 0.1) is 14.2 Å². The van der Waals surface area contributed by atoms with Gasteiger partial charge >= 0.3 is 0 Å². The van der Waals surface area contributed by atoms with Crippen molar-refractivity contribution < 1.29 is 14.3 Å². The van der Waals surface area contributed by atoms with Crippen molar-refractivity contribution in [3.63, 3.8) is 0 Å². The Morgan fingerprint density at radius 2 is 1.27 bits per heavy atom. The van der Waals surface area contributed by atoms with Crippen LogP contribution in [0.1, 0.15) is 15.9 Å². The third-order valence-electron chi connectivity index (χ3n) is 5.29. The fraction of sp³-hybridized carbons (Fsp3) is 0.0690. The van der Waals surface area contributed by atoms with E-state index in [1.807, 2.05) is 72.8 Å². The first kappa shape index (κ1) is 21.9. The maximum Gasteiger partial charge on any atom is 0.185 e. The number of nitrogens with zero attached hydrogens (tertiary/aromatic N) is 1. The third kappa shape index (κ3) is 5.13. The van der Waals surface area contributed by atoms with Crippen molar-refractivity contribution in [2.24, 2.45) is 0 Å². The number of para-hydroxylation sites is 2. The van der Waals surface area contributed by atoms with Gasteiger partial charge in [0.15, 0.2) is 5.78 Å². The molecule has 0 amide bonds. The summed E-state index contributed by atoms with van der Waals surface area (Å²) in [7, 11) is 3.20. The largest absolute Gasteiger partial charge is 0.497 e. The fourth-order valence-corrected chi connectivity index (χ4v) is 3.59. The van der Waals surface area contributed by atoms with E-state index >= 15 is 0 Å². The second-order valence-corrected chi connectivity index (χ2v) is 7.36. The van der Waals surface area contributed by atoms with Crippen LogP contribution < -0.4 is 14.4 Å². The molecule has 4 aromatic rings. The van der Waals surface area contributed by atoms with E-state index in [4.69, 9.17) is 9.47 Å². The standard InChI is InChI=1S/C29H25NO3/c1-32-27-19-15-23(29(21-27)33-2)16-20-28(31)22-13-17-26(18-14-22)30(24-9-5-3-6-10-24)25-11-7-4-8-12-25/h3-21H,1-2H3. The smallest absolute Gasteiger partial charge is 0.185 e. The first-order chi connectivity index (χ1) is 16.2. The predicted octanol–water partition coefficient (Wildman–Crippen LogP) is 7.07. The molecule has 33 heavy (non-hydrogen) atoms. The molecule has 0 aliphatic heterocycles. The predicted molar refractivity (Wildman–Crippen MR) is 134 cm³/mol. The normalized spacial score (nSPS) is 10.7. The SMILES string of the molecule is COc1ccc(C=CC(=O)c2ccc(N(c3ccccc3)c3ccccc3)cc2)c(OC)c1. The lowest BCUT2D eigenvalue weighted by atomic mass is 10.1. The lowest BCUT2D eigenvalue weighted by Crippen LogP contribution is -2.09. The van der Waals surface area contributed by atoms with Crippen LogP contribution in [0.4, 0.5) is 17.1 Å². The molecule has 4 rings (SSSR count). The number of hydrogen-bond donors (Lipinski definition) is 0. The Morgan fingerprint density at radius 3 is 1.82 bits per heavy atom. The van der Waals surface area contributed by atoms with Gasteiger partial charge in [-0.2, -0.15) is 0 Å². The van der Waals surface area contributed by atoms with Crippen LogP contribution in [0.15, 0.2) is 109 Å². The molecule has 4 heteroatoms. The van der Waals surface area contributed by atoms with E-state index in [1.165, 1.54) is 0 Å². The van der Waals surface area contributed by atoms with E-state index in [2.05, 4.69) is 29.2 Å². The molecule has 0 aliphatic carbocycles. The van der Waals surface area contributed by atoms with Gasteiger partial charge in [-0.05, 0) is 72.8 Å². The minimum Gasteiger partial charge on any atom is -0.497 e. The third-order valence-corrected chi connectivity index (χ3v) is 5.29. The van der Waals surface area contributed by atoms with Crippen molar-refractivity contribution in [2.45, 2.75) is 0 Å². The van der Waals surface area contributed by atoms with Gasteiger partial charge in [-0.15, -0.1) is 0 Å². The van der Waals surface area contributed by atoms with Gasteiger partial charge < -0.3 is 14.4 Å². The molecule has 0 unspecified atom stereocenters. The number of rotatable bonds is 8. The summed E-state index contributed by atoms with van der Waals surface area (Å²) in [6, 6.07) is 33.5. The Labute approximate surface area is 194 Å². The first-order valence-electron chi connectivity index (χ1n) is 10.6. The summed E-state index contributed by atoms with van der Waals surface area (Å²) in [5.41, 5.74) is 4.50. The highest BCUT2D eigenvalue weighted by atomic mass is 16.5. The number of ketones is 1. The van der Waals surface area contributed by atoms with Crippen LogP contribution in [0.3, 0.4) is 0 Å². The molecule has 0 radical (unpaired) electrons. The molecule has 0 spiro atoms. The second kappa shape index (κ2) is 10.3. The summed E-state index contributed by atoms with van der Waals surface area (Å²) in [5.74, 6) is 1.27. The molecule has 4 aromatic carbocycles. The molecule has 0 saturated carbocycles. The van der Waals surface area contributed by atoms with E-state index in [-0.39, 0.29) is 5.78 Å². The summed E-state index contributed by atoms with van der Waals surface area (Å²) in [4.78, 5) is 15.0. The Morgan fingerprint density at radius 1 is 0.697 bits per heavy atom. The van der Waals surface area contributed by atoms with Gasteiger partial charge in [-0.25, -0.2) is 0 Å². The molecule has 0 N–H and O–H groups in total. The zero-order chi connectivity index (χ0) is 23.0. The molecule has 0 saturated heterocycles. The van der Waals surface area contributed by atoms with Crippen molar-refractivity contribution in [1.82, 2.24) is 0 Å². The summed E-state index contributed by atoms with van der Waals surface area (Å²) in [5, 5.41) is 0. The number of allylic oxidation sites excluding steroid dienone is 1. The Balaban J connectivity index is 1.58. The maximum atomic E-state index is 12.8. The Hall–Kier alpha value is -4.31. The lowest BCUT2D eigenvalue weighted by Gasteiger charge is -2.25. The molecule has 0 atom stereocenters. The number of carbonyl (C=O) groups excluding carboxylic acids is 1. The van der Waals surface area contributed by atoms with Crippen molar-refractivity contribution in [3.8, 4) is 11.5 Å². The molecule has 164 valence electrons. The molecule has 0 aromatic heterocycles. The topological polar surface area (TPSA) is 38.8 Å². The van der Waals surface area contributed by atoms with Gasteiger partial charge in [0.1, 0.15) is 11.5 Å². The summed E-state index contributed by atoms with van der Waals surface area (Å²) < 4.78 is 10.6. The van der Waals surface area contributed by atoms with Crippen LogP contribution in [-0.4, -0.2) is 20.0 Å². The highest BCUT2D eigenvalue weighted by molar-refractivity contribution is 6.07. The summed E-state index contributed by atoms with van der Waals surface area (Å²) in [6.45, 7) is 0. The lowest BCUT2D eigenvalue weighted by molar-refractivity contribution is 0.104. The van der Waals surface area contributed by atoms with E-state index in [9.17, 15) is 4.79 Å². The van der Waals surface area contributed by atoms with Crippen molar-refractivity contribution in [3.05, 3.63) is 120 Å². The van der Waals surface area contributed by atoms with E-state index in [1.54, 1.807) is 32.4 Å². The van der Waals surface area contributed by atoms with E-state index < -0.39 is 0 Å². The van der Waals surface area contributed by atoms with Crippen molar-refractivity contribution in [1.29, 1.82) is 0 Å². The van der Waals surface area contributed by atoms with Crippen LogP contribution >= 0.6 is 0 Å². The number of anilines is 3. The monoisotopic (exact) mass is 435 g/mol. The molecule has 0 heterocycles. The minimum atomic E-state index is -0.0783. The second-order valence-electron chi connectivity index (χ2n) is 7.36.